The van der Waals surface area contributed by atoms with E-state index in [1.807, 2.05) is 24.3 Å². The fourth-order valence-corrected chi connectivity index (χ4v) is 2.99. The molecule has 1 aromatic carbocycles. The van der Waals surface area contributed by atoms with Crippen LogP contribution in [0.2, 0.25) is 5.02 Å². The number of anilines is 2. The molecule has 0 amide bonds. The van der Waals surface area contributed by atoms with Crippen molar-refractivity contribution in [3.05, 3.63) is 47.2 Å². The SMILES string of the molecule is NC(=S)c1cc(Nc2nc3ccc(Cl)cc3s2)ccn1. The average molecular weight is 321 g/mol. The second-order valence-electron chi connectivity index (χ2n) is 4.05. The van der Waals surface area contributed by atoms with Gasteiger partial charge in [0.05, 0.1) is 15.9 Å². The lowest BCUT2D eigenvalue weighted by atomic mass is 10.3. The third kappa shape index (κ3) is 2.72. The number of thiazole rings is 1. The van der Waals surface area contributed by atoms with Crippen molar-refractivity contribution in [3.63, 3.8) is 0 Å². The summed E-state index contributed by atoms with van der Waals surface area (Å²) in [6, 6.07) is 9.24. The minimum Gasteiger partial charge on any atom is -0.388 e. The zero-order chi connectivity index (χ0) is 14.1. The Morgan fingerprint density at radius 3 is 2.95 bits per heavy atom. The van der Waals surface area contributed by atoms with Crippen molar-refractivity contribution in [2.45, 2.75) is 0 Å². The van der Waals surface area contributed by atoms with E-state index in [9.17, 15) is 0 Å². The Labute approximate surface area is 129 Å². The molecule has 0 unspecified atom stereocenters. The summed E-state index contributed by atoms with van der Waals surface area (Å²) in [6.45, 7) is 0. The molecule has 100 valence electrons. The predicted molar refractivity (Wildman–Crippen MR) is 88.0 cm³/mol. The van der Waals surface area contributed by atoms with Gasteiger partial charge >= 0.3 is 0 Å². The van der Waals surface area contributed by atoms with E-state index in [0.717, 1.165) is 21.0 Å². The summed E-state index contributed by atoms with van der Waals surface area (Å²) in [4.78, 5) is 8.85. The van der Waals surface area contributed by atoms with Gasteiger partial charge in [-0.25, -0.2) is 4.98 Å². The first kappa shape index (κ1) is 13.2. The lowest BCUT2D eigenvalue weighted by molar-refractivity contribution is 1.29. The number of rotatable bonds is 3. The number of nitrogens with one attached hydrogen (secondary N) is 1. The van der Waals surface area contributed by atoms with Gasteiger partial charge in [-0.3, -0.25) is 4.98 Å². The molecule has 0 aliphatic heterocycles. The number of nitrogens with two attached hydrogens (primary N) is 1. The van der Waals surface area contributed by atoms with Gasteiger partial charge in [0.25, 0.3) is 0 Å². The van der Waals surface area contributed by atoms with Crippen molar-refractivity contribution >= 4 is 61.2 Å². The third-order valence-corrected chi connectivity index (χ3v) is 3.99. The molecule has 2 heterocycles. The number of benzene rings is 1. The number of pyridine rings is 1. The van der Waals surface area contributed by atoms with Crippen LogP contribution in [-0.4, -0.2) is 15.0 Å². The lowest BCUT2D eigenvalue weighted by Crippen LogP contribution is -2.11. The van der Waals surface area contributed by atoms with Gasteiger partial charge in [0.2, 0.25) is 0 Å². The number of fused-ring (bicyclic) bond motifs is 1. The maximum absolute atomic E-state index is 5.97. The number of halogens is 1. The van der Waals surface area contributed by atoms with Crippen LogP contribution in [0, 0.1) is 0 Å². The van der Waals surface area contributed by atoms with Crippen LogP contribution in [0.1, 0.15) is 5.69 Å². The molecule has 0 atom stereocenters. The molecule has 0 aliphatic carbocycles. The Hall–Kier alpha value is -1.76. The molecular weight excluding hydrogens is 312 g/mol. The van der Waals surface area contributed by atoms with Gasteiger partial charge in [-0.2, -0.15) is 0 Å². The van der Waals surface area contributed by atoms with Gasteiger partial charge in [-0.05, 0) is 30.3 Å². The van der Waals surface area contributed by atoms with E-state index in [4.69, 9.17) is 29.6 Å². The topological polar surface area (TPSA) is 63.8 Å². The van der Waals surface area contributed by atoms with Crippen LogP contribution in [0.4, 0.5) is 10.8 Å². The molecule has 2 aromatic heterocycles. The standard InChI is InChI=1S/C13H9ClN4S2/c14-7-1-2-9-11(5-7)20-13(18-9)17-8-3-4-16-10(6-8)12(15)19/h1-6H,(H2,15,19)(H,16,17,18). The van der Waals surface area contributed by atoms with Crippen molar-refractivity contribution in [3.8, 4) is 0 Å². The summed E-state index contributed by atoms with van der Waals surface area (Å²) < 4.78 is 1.03. The van der Waals surface area contributed by atoms with Gasteiger partial charge in [0.1, 0.15) is 4.99 Å². The number of aromatic nitrogens is 2. The maximum Gasteiger partial charge on any atom is 0.188 e. The molecule has 3 aromatic rings. The predicted octanol–water partition coefficient (Wildman–Crippen LogP) is 3.72. The monoisotopic (exact) mass is 320 g/mol. The minimum absolute atomic E-state index is 0.268. The molecule has 7 heteroatoms. The van der Waals surface area contributed by atoms with Crippen molar-refractivity contribution in [2.75, 3.05) is 5.32 Å². The Balaban J connectivity index is 1.92. The van der Waals surface area contributed by atoms with Crippen molar-refractivity contribution < 1.29 is 0 Å². The van der Waals surface area contributed by atoms with E-state index >= 15 is 0 Å². The Morgan fingerprint density at radius 2 is 2.15 bits per heavy atom. The Morgan fingerprint density at radius 1 is 1.30 bits per heavy atom. The highest BCUT2D eigenvalue weighted by molar-refractivity contribution is 7.80. The molecule has 0 spiro atoms. The van der Waals surface area contributed by atoms with Crippen LogP contribution < -0.4 is 11.1 Å². The van der Waals surface area contributed by atoms with Gasteiger partial charge in [0.15, 0.2) is 5.13 Å². The summed E-state index contributed by atoms with van der Waals surface area (Å²) in [6.07, 6.45) is 1.65. The number of nitrogens with zero attached hydrogens (tertiary/aromatic N) is 2. The van der Waals surface area contributed by atoms with E-state index in [-0.39, 0.29) is 4.99 Å². The smallest absolute Gasteiger partial charge is 0.188 e. The first-order chi connectivity index (χ1) is 9.61. The fourth-order valence-electron chi connectivity index (χ4n) is 1.72. The third-order valence-electron chi connectivity index (χ3n) is 2.61. The molecule has 0 fully saturated rings. The van der Waals surface area contributed by atoms with Crippen LogP contribution in [-0.2, 0) is 0 Å². The van der Waals surface area contributed by atoms with E-state index < -0.39 is 0 Å². The number of thiocarbonyl (C=S) groups is 1. The van der Waals surface area contributed by atoms with Crippen LogP contribution in [0.5, 0.6) is 0 Å². The van der Waals surface area contributed by atoms with Gasteiger partial charge in [-0.15, -0.1) is 0 Å². The largest absolute Gasteiger partial charge is 0.388 e. The van der Waals surface area contributed by atoms with E-state index in [1.165, 1.54) is 11.3 Å². The summed E-state index contributed by atoms with van der Waals surface area (Å²) in [5.74, 6) is 0. The Kier molecular flexibility index (Phi) is 3.52. The van der Waals surface area contributed by atoms with Crippen LogP contribution >= 0.6 is 35.2 Å². The highest BCUT2D eigenvalue weighted by atomic mass is 35.5. The summed E-state index contributed by atoms with van der Waals surface area (Å²) in [5.41, 5.74) is 7.89. The molecule has 3 N–H and O–H groups in total. The van der Waals surface area contributed by atoms with Crippen molar-refractivity contribution in [2.24, 2.45) is 5.73 Å². The average Bonchev–Trinajstić information content (AvgIpc) is 2.80. The maximum atomic E-state index is 5.97. The zero-order valence-electron chi connectivity index (χ0n) is 10.1. The molecule has 0 saturated heterocycles. The van der Waals surface area contributed by atoms with E-state index in [1.54, 1.807) is 12.3 Å². The first-order valence-corrected chi connectivity index (χ1v) is 7.31. The number of hydrogen-bond donors (Lipinski definition) is 2. The summed E-state index contributed by atoms with van der Waals surface area (Å²) in [7, 11) is 0. The molecule has 0 bridgehead atoms. The van der Waals surface area contributed by atoms with Crippen molar-refractivity contribution in [1.29, 1.82) is 0 Å². The first-order valence-electron chi connectivity index (χ1n) is 5.71. The molecule has 20 heavy (non-hydrogen) atoms. The number of hydrogen-bond acceptors (Lipinski definition) is 5. The van der Waals surface area contributed by atoms with Crippen LogP contribution in [0.3, 0.4) is 0 Å². The molecule has 0 aliphatic rings. The second kappa shape index (κ2) is 5.32. The normalized spacial score (nSPS) is 10.7. The molecule has 0 radical (unpaired) electrons. The van der Waals surface area contributed by atoms with Gasteiger partial charge < -0.3 is 11.1 Å². The fraction of sp³-hybridized carbons (Fsp3) is 0. The van der Waals surface area contributed by atoms with E-state index in [2.05, 4.69) is 15.3 Å². The van der Waals surface area contributed by atoms with Gasteiger partial charge in [0, 0.05) is 16.9 Å². The van der Waals surface area contributed by atoms with E-state index in [0.29, 0.717) is 10.7 Å². The highest BCUT2D eigenvalue weighted by Crippen LogP contribution is 2.30. The minimum atomic E-state index is 0.268. The lowest BCUT2D eigenvalue weighted by Gasteiger charge is -2.03. The van der Waals surface area contributed by atoms with Crippen molar-refractivity contribution in [1.82, 2.24) is 9.97 Å². The molecule has 3 rings (SSSR count). The highest BCUT2D eigenvalue weighted by Gasteiger charge is 2.06. The summed E-state index contributed by atoms with van der Waals surface area (Å²) >= 11 is 12.4. The quantitative estimate of drug-likeness (QED) is 0.720. The molecule has 4 nitrogen and oxygen atoms in total. The second-order valence-corrected chi connectivity index (χ2v) is 5.96. The zero-order valence-corrected chi connectivity index (χ0v) is 12.5. The van der Waals surface area contributed by atoms with Gasteiger partial charge in [-0.1, -0.05) is 35.2 Å². The van der Waals surface area contributed by atoms with Crippen LogP contribution in [0.25, 0.3) is 10.2 Å². The van der Waals surface area contributed by atoms with Crippen LogP contribution in [0.15, 0.2) is 36.5 Å². The molecular formula is C13H9ClN4S2. The Bertz CT molecular complexity index is 800. The summed E-state index contributed by atoms with van der Waals surface area (Å²) in [5, 5.41) is 4.70. The molecule has 0 saturated carbocycles.